The fourth-order valence-electron chi connectivity index (χ4n) is 1.51. The molecule has 0 bridgehead atoms. The van der Waals surface area contributed by atoms with Gasteiger partial charge in [0.15, 0.2) is 5.82 Å². The van der Waals surface area contributed by atoms with Gasteiger partial charge in [0.1, 0.15) is 11.7 Å². The molecule has 1 heterocycles. The molecule has 0 radical (unpaired) electrons. The van der Waals surface area contributed by atoms with Crippen LogP contribution in [0.4, 0.5) is 4.39 Å². The van der Waals surface area contributed by atoms with Gasteiger partial charge in [-0.15, -0.1) is 0 Å². The summed E-state index contributed by atoms with van der Waals surface area (Å²) in [6.07, 6.45) is 3.29. The lowest BCUT2D eigenvalue weighted by Crippen LogP contribution is -2.12. The highest BCUT2D eigenvalue weighted by molar-refractivity contribution is 5.35. The van der Waals surface area contributed by atoms with Crippen molar-refractivity contribution in [3.63, 3.8) is 0 Å². The van der Waals surface area contributed by atoms with E-state index in [0.29, 0.717) is 25.0 Å². The highest BCUT2D eigenvalue weighted by Gasteiger charge is 2.48. The van der Waals surface area contributed by atoms with Crippen LogP contribution in [-0.2, 0) is 11.8 Å². The van der Waals surface area contributed by atoms with Crippen molar-refractivity contribution in [2.24, 2.45) is 0 Å². The largest absolute Gasteiger partial charge is 0.238 e. The molecule has 1 aliphatic rings. The Morgan fingerprint density at radius 3 is 2.79 bits per heavy atom. The third kappa shape index (κ3) is 1.17. The van der Waals surface area contributed by atoms with Crippen LogP contribution in [-0.4, -0.2) is 9.97 Å². The van der Waals surface area contributed by atoms with Crippen LogP contribution in [0.1, 0.15) is 31.2 Å². The zero-order valence-corrected chi connectivity index (χ0v) is 7.92. The van der Waals surface area contributed by atoms with Crippen LogP contribution in [0.15, 0.2) is 6.33 Å². The summed E-state index contributed by atoms with van der Waals surface area (Å²) in [7, 11) is 0. The molecule has 14 heavy (non-hydrogen) atoms. The van der Waals surface area contributed by atoms with Gasteiger partial charge in [-0.25, -0.2) is 14.4 Å². The van der Waals surface area contributed by atoms with Gasteiger partial charge in [0.05, 0.1) is 17.5 Å². The van der Waals surface area contributed by atoms with E-state index in [9.17, 15) is 4.39 Å². The zero-order valence-electron chi connectivity index (χ0n) is 7.92. The number of hydrogen-bond donors (Lipinski definition) is 0. The average molecular weight is 191 g/mol. The summed E-state index contributed by atoms with van der Waals surface area (Å²) in [5, 5.41) is 8.92. The maximum absolute atomic E-state index is 13.7. The average Bonchev–Trinajstić information content (AvgIpc) is 2.99. The van der Waals surface area contributed by atoms with Crippen LogP contribution >= 0.6 is 0 Å². The molecule has 0 saturated heterocycles. The number of aryl methyl sites for hydroxylation is 1. The van der Waals surface area contributed by atoms with Crippen molar-refractivity contribution < 1.29 is 4.39 Å². The maximum Gasteiger partial charge on any atom is 0.167 e. The molecule has 1 saturated carbocycles. The molecular weight excluding hydrogens is 181 g/mol. The standard InChI is InChI=1S/C10H10FN3/c1-2-7-8(11)9(14-6-13-7)10(5-12)3-4-10/h6H,2-4H2,1H3. The number of rotatable bonds is 2. The molecule has 0 aliphatic heterocycles. The van der Waals surface area contributed by atoms with E-state index in [1.807, 2.05) is 6.92 Å². The van der Waals surface area contributed by atoms with Crippen molar-refractivity contribution in [2.45, 2.75) is 31.6 Å². The first kappa shape index (κ1) is 9.07. The Kier molecular flexibility index (Phi) is 1.95. The van der Waals surface area contributed by atoms with Crippen LogP contribution in [0, 0.1) is 17.1 Å². The molecule has 0 amide bonds. The Balaban J connectivity index is 2.50. The minimum absolute atomic E-state index is 0.284. The van der Waals surface area contributed by atoms with Crippen LogP contribution in [0.2, 0.25) is 0 Å². The summed E-state index contributed by atoms with van der Waals surface area (Å²) in [4.78, 5) is 7.72. The summed E-state index contributed by atoms with van der Waals surface area (Å²) in [5.41, 5.74) is 0.0279. The monoisotopic (exact) mass is 191 g/mol. The number of hydrogen-bond acceptors (Lipinski definition) is 3. The highest BCUT2D eigenvalue weighted by Crippen LogP contribution is 2.47. The molecule has 0 N–H and O–H groups in total. The van der Waals surface area contributed by atoms with E-state index in [4.69, 9.17) is 5.26 Å². The third-order valence-corrected chi connectivity index (χ3v) is 2.61. The smallest absolute Gasteiger partial charge is 0.167 e. The quantitative estimate of drug-likeness (QED) is 0.715. The minimum atomic E-state index is -0.656. The Labute approximate surface area is 81.6 Å². The molecule has 1 aromatic heterocycles. The van der Waals surface area contributed by atoms with Crippen LogP contribution < -0.4 is 0 Å². The van der Waals surface area contributed by atoms with Crippen LogP contribution in [0.25, 0.3) is 0 Å². The lowest BCUT2D eigenvalue weighted by molar-refractivity contribution is 0.559. The van der Waals surface area contributed by atoms with Gasteiger partial charge in [-0.05, 0) is 19.3 Å². The van der Waals surface area contributed by atoms with Crippen molar-refractivity contribution in [1.82, 2.24) is 9.97 Å². The van der Waals surface area contributed by atoms with Gasteiger partial charge in [-0.3, -0.25) is 0 Å². The van der Waals surface area contributed by atoms with E-state index >= 15 is 0 Å². The predicted molar refractivity (Wildman–Crippen MR) is 47.9 cm³/mol. The third-order valence-electron chi connectivity index (χ3n) is 2.61. The first-order valence-corrected chi connectivity index (χ1v) is 4.64. The second-order valence-electron chi connectivity index (χ2n) is 3.53. The molecule has 2 rings (SSSR count). The van der Waals surface area contributed by atoms with Crippen LogP contribution in [0.5, 0.6) is 0 Å². The van der Waals surface area contributed by atoms with Crippen LogP contribution in [0.3, 0.4) is 0 Å². The van der Waals surface area contributed by atoms with Gasteiger partial charge in [0, 0.05) is 0 Å². The fourth-order valence-corrected chi connectivity index (χ4v) is 1.51. The lowest BCUT2D eigenvalue weighted by Gasteiger charge is -2.07. The molecule has 0 atom stereocenters. The molecule has 0 spiro atoms. The first-order valence-electron chi connectivity index (χ1n) is 4.64. The number of nitrogens with zero attached hydrogens (tertiary/aromatic N) is 3. The molecular formula is C10H10FN3. The van der Waals surface area contributed by atoms with Gasteiger partial charge >= 0.3 is 0 Å². The Bertz CT molecular complexity index is 404. The van der Waals surface area contributed by atoms with Gasteiger partial charge in [-0.2, -0.15) is 5.26 Å². The second-order valence-corrected chi connectivity index (χ2v) is 3.53. The molecule has 0 aromatic carbocycles. The van der Waals surface area contributed by atoms with Crippen molar-refractivity contribution in [3.05, 3.63) is 23.5 Å². The summed E-state index contributed by atoms with van der Waals surface area (Å²) in [5.74, 6) is -0.394. The van der Waals surface area contributed by atoms with Crippen molar-refractivity contribution in [3.8, 4) is 6.07 Å². The minimum Gasteiger partial charge on any atom is -0.238 e. The van der Waals surface area contributed by atoms with E-state index in [1.165, 1.54) is 6.33 Å². The molecule has 3 nitrogen and oxygen atoms in total. The van der Waals surface area contributed by atoms with Gasteiger partial charge in [-0.1, -0.05) is 6.92 Å². The van der Waals surface area contributed by atoms with E-state index in [0.717, 1.165) is 0 Å². The Hall–Kier alpha value is -1.50. The van der Waals surface area contributed by atoms with Gasteiger partial charge < -0.3 is 0 Å². The van der Waals surface area contributed by atoms with Crippen molar-refractivity contribution in [1.29, 1.82) is 5.26 Å². The molecule has 4 heteroatoms. The number of nitriles is 1. The van der Waals surface area contributed by atoms with Crippen molar-refractivity contribution >= 4 is 0 Å². The molecule has 1 fully saturated rings. The summed E-state index contributed by atoms with van der Waals surface area (Å²) in [6.45, 7) is 1.83. The normalized spacial score (nSPS) is 17.5. The second kappa shape index (κ2) is 3.02. The highest BCUT2D eigenvalue weighted by atomic mass is 19.1. The number of aromatic nitrogens is 2. The van der Waals surface area contributed by atoms with E-state index in [1.54, 1.807) is 0 Å². The molecule has 1 aliphatic carbocycles. The number of halogens is 1. The maximum atomic E-state index is 13.7. The van der Waals surface area contributed by atoms with Gasteiger partial charge in [0.2, 0.25) is 0 Å². The fraction of sp³-hybridized carbons (Fsp3) is 0.500. The topological polar surface area (TPSA) is 49.6 Å². The van der Waals surface area contributed by atoms with E-state index in [-0.39, 0.29) is 5.69 Å². The Morgan fingerprint density at radius 1 is 1.57 bits per heavy atom. The lowest BCUT2D eigenvalue weighted by atomic mass is 10.0. The SMILES string of the molecule is CCc1ncnc(C2(C#N)CC2)c1F. The Morgan fingerprint density at radius 2 is 2.29 bits per heavy atom. The first-order chi connectivity index (χ1) is 6.73. The molecule has 0 unspecified atom stereocenters. The summed E-state index contributed by atoms with van der Waals surface area (Å²) >= 11 is 0. The predicted octanol–water partition coefficient (Wildman–Crippen LogP) is 1.73. The molecule has 72 valence electrons. The van der Waals surface area contributed by atoms with Crippen molar-refractivity contribution in [2.75, 3.05) is 0 Å². The van der Waals surface area contributed by atoms with Gasteiger partial charge in [0.25, 0.3) is 0 Å². The summed E-state index contributed by atoms with van der Waals surface area (Å²) in [6, 6.07) is 2.13. The molecule has 1 aromatic rings. The summed E-state index contributed by atoms with van der Waals surface area (Å²) < 4.78 is 13.7. The zero-order chi connectivity index (χ0) is 10.2. The van der Waals surface area contributed by atoms with E-state index in [2.05, 4.69) is 16.0 Å². The van der Waals surface area contributed by atoms with E-state index < -0.39 is 11.2 Å².